The lowest BCUT2D eigenvalue weighted by Gasteiger charge is -2.47. The largest absolute Gasteiger partial charge is 0.508 e. The standard InChI is InChI=1S/C32H45N3O4S.C7H6O3/c1-21-25(15-10-16-28(21)36)30(38)33-26(20-40-24-13-6-5-7-14-24)29(37)19-35-18-23-12-9-8-11-22(23)17-27(35)31(39)34-32(2,3)4;8-6-4-2-1-3-5(6)7(9)10/h5-7,10,13-16,22-23,26-27,29,36-37H,8-9,11-12,17-20H2,1-4H3,(H,33,38)(H,34,39);1-4,8H,(H,9,10)/t22-,23+,26-,27-,29+;/m0./s1. The minimum atomic E-state index is -1.11. The van der Waals surface area contributed by atoms with Crippen molar-refractivity contribution in [1.29, 1.82) is 0 Å². The molecule has 5 atom stereocenters. The first kappa shape index (κ1) is 38.7. The number of carboxylic acids is 1. The molecule has 10 nitrogen and oxygen atoms in total. The van der Waals surface area contributed by atoms with Gasteiger partial charge in [-0.25, -0.2) is 4.79 Å². The molecule has 2 aliphatic rings. The molecule has 1 saturated heterocycles. The molecule has 0 bridgehead atoms. The maximum Gasteiger partial charge on any atom is 0.339 e. The molecule has 1 saturated carbocycles. The van der Waals surface area contributed by atoms with Gasteiger partial charge in [0.2, 0.25) is 5.91 Å². The lowest BCUT2D eigenvalue weighted by atomic mass is 9.72. The number of β-amino-alcohol motifs (C(OH)–C–C–N with tert-alkyl or cyclic N) is 1. The summed E-state index contributed by atoms with van der Waals surface area (Å²) in [5, 5.41) is 45.3. The second-order valence-electron chi connectivity index (χ2n) is 14.3. The summed E-state index contributed by atoms with van der Waals surface area (Å²) in [7, 11) is 0. The number of phenolic OH excluding ortho intramolecular Hbond substituents is 1. The van der Waals surface area contributed by atoms with Gasteiger partial charge < -0.3 is 31.1 Å². The summed E-state index contributed by atoms with van der Waals surface area (Å²) in [4.78, 5) is 40.3. The molecule has 11 heteroatoms. The first-order chi connectivity index (χ1) is 23.7. The number of aliphatic hydroxyl groups is 1. The Hall–Kier alpha value is -4.06. The molecule has 0 spiro atoms. The number of rotatable bonds is 10. The van der Waals surface area contributed by atoms with Gasteiger partial charge in [0.15, 0.2) is 0 Å². The number of carbonyl (C=O) groups is 3. The summed E-state index contributed by atoms with van der Waals surface area (Å²) in [6.07, 6.45) is 4.67. The first-order valence-electron chi connectivity index (χ1n) is 17.3. The van der Waals surface area contributed by atoms with E-state index in [1.54, 1.807) is 49.0 Å². The molecular formula is C39H51N3O7S. The minimum Gasteiger partial charge on any atom is -0.508 e. The SMILES string of the molecule is Cc1c(O)cccc1C(=O)N[C@@H](CSc1ccccc1)[C@H](O)CN1C[C@H]2CCCC[C@H]2C[C@H]1C(=O)NC(C)(C)C.O=C(O)c1ccccc1O. The van der Waals surface area contributed by atoms with Crippen LogP contribution in [0.1, 0.15) is 79.2 Å². The van der Waals surface area contributed by atoms with E-state index in [-0.39, 0.29) is 40.5 Å². The number of para-hydroxylation sites is 1. The zero-order valence-corrected chi connectivity index (χ0v) is 30.2. The molecule has 5 rings (SSSR count). The van der Waals surface area contributed by atoms with Crippen LogP contribution >= 0.6 is 11.8 Å². The minimum absolute atomic E-state index is 0.0124. The number of hydrogen-bond donors (Lipinski definition) is 6. The molecule has 2 amide bonds. The van der Waals surface area contributed by atoms with Crippen LogP contribution in [0, 0.1) is 18.8 Å². The van der Waals surface area contributed by atoms with Crippen LogP contribution in [-0.2, 0) is 4.79 Å². The Bertz CT molecular complexity index is 1600. The third-order valence-electron chi connectivity index (χ3n) is 9.36. The van der Waals surface area contributed by atoms with E-state index in [4.69, 9.17) is 10.2 Å². The van der Waals surface area contributed by atoms with E-state index in [0.29, 0.717) is 35.3 Å². The van der Waals surface area contributed by atoms with Crippen LogP contribution in [0.2, 0.25) is 0 Å². The van der Waals surface area contributed by atoms with Crippen LogP contribution in [0.25, 0.3) is 0 Å². The highest BCUT2D eigenvalue weighted by atomic mass is 32.2. The van der Waals surface area contributed by atoms with Crippen LogP contribution in [0.3, 0.4) is 0 Å². The summed E-state index contributed by atoms with van der Waals surface area (Å²) >= 11 is 1.57. The third-order valence-corrected chi connectivity index (χ3v) is 10.5. The molecule has 6 N–H and O–H groups in total. The smallest absolute Gasteiger partial charge is 0.339 e. The van der Waals surface area contributed by atoms with Crippen molar-refractivity contribution < 1.29 is 34.8 Å². The molecule has 1 aliphatic heterocycles. The van der Waals surface area contributed by atoms with Crippen molar-refractivity contribution in [3.8, 4) is 11.5 Å². The highest BCUT2D eigenvalue weighted by molar-refractivity contribution is 7.99. The van der Waals surface area contributed by atoms with Gasteiger partial charge in [-0.3, -0.25) is 14.5 Å². The molecule has 3 aromatic rings. The Kier molecular flexibility index (Phi) is 13.7. The zero-order valence-electron chi connectivity index (χ0n) is 29.3. The van der Waals surface area contributed by atoms with Crippen LogP contribution < -0.4 is 10.6 Å². The molecular weight excluding hydrogens is 655 g/mol. The fourth-order valence-corrected chi connectivity index (χ4v) is 7.74. The van der Waals surface area contributed by atoms with Crippen LogP contribution in [0.4, 0.5) is 0 Å². The van der Waals surface area contributed by atoms with Crippen molar-refractivity contribution in [3.05, 3.63) is 89.5 Å². The number of aliphatic hydroxyl groups excluding tert-OH is 1. The Balaban J connectivity index is 0.000000482. The van der Waals surface area contributed by atoms with Gasteiger partial charge >= 0.3 is 5.97 Å². The third kappa shape index (κ3) is 11.0. The summed E-state index contributed by atoms with van der Waals surface area (Å²) in [6.45, 7) is 8.76. The Labute approximate surface area is 299 Å². The maximum atomic E-state index is 13.5. The van der Waals surface area contributed by atoms with Crippen molar-refractivity contribution in [2.45, 2.75) is 88.4 Å². The number of fused-ring (bicyclic) bond motifs is 1. The molecule has 50 heavy (non-hydrogen) atoms. The van der Waals surface area contributed by atoms with Gasteiger partial charge in [-0.15, -0.1) is 11.8 Å². The number of hydrogen-bond acceptors (Lipinski definition) is 8. The maximum absolute atomic E-state index is 13.5. The molecule has 0 radical (unpaired) electrons. The van der Waals surface area contributed by atoms with Gasteiger partial charge in [-0.2, -0.15) is 0 Å². The zero-order chi connectivity index (χ0) is 36.4. The highest BCUT2D eigenvalue weighted by Gasteiger charge is 2.41. The summed E-state index contributed by atoms with van der Waals surface area (Å²) < 4.78 is 0. The summed E-state index contributed by atoms with van der Waals surface area (Å²) in [6, 6.07) is 19.7. The Morgan fingerprint density at radius 2 is 1.50 bits per heavy atom. The van der Waals surface area contributed by atoms with Crippen LogP contribution in [-0.4, -0.2) is 85.7 Å². The van der Waals surface area contributed by atoms with E-state index in [2.05, 4.69) is 15.5 Å². The van der Waals surface area contributed by atoms with Crippen molar-refractivity contribution in [1.82, 2.24) is 15.5 Å². The van der Waals surface area contributed by atoms with Crippen LogP contribution in [0.5, 0.6) is 11.5 Å². The molecule has 270 valence electrons. The molecule has 1 heterocycles. The average molecular weight is 706 g/mol. The lowest BCUT2D eigenvalue weighted by Crippen LogP contribution is -2.60. The number of thioether (sulfide) groups is 1. The second-order valence-corrected chi connectivity index (χ2v) is 15.4. The number of aromatic carboxylic acids is 1. The van der Waals surface area contributed by atoms with E-state index in [1.165, 1.54) is 25.0 Å². The number of aromatic hydroxyl groups is 2. The monoisotopic (exact) mass is 705 g/mol. The van der Waals surface area contributed by atoms with Crippen LogP contribution in [0.15, 0.2) is 77.7 Å². The molecule has 0 unspecified atom stereocenters. The molecule has 1 aliphatic carbocycles. The van der Waals surface area contributed by atoms with E-state index in [0.717, 1.165) is 30.7 Å². The highest BCUT2D eigenvalue weighted by Crippen LogP contribution is 2.39. The van der Waals surface area contributed by atoms with Crippen molar-refractivity contribution in [3.63, 3.8) is 0 Å². The van der Waals surface area contributed by atoms with Crippen molar-refractivity contribution >= 4 is 29.5 Å². The number of benzene rings is 3. The van der Waals surface area contributed by atoms with E-state index in [1.807, 2.05) is 51.1 Å². The van der Waals surface area contributed by atoms with Gasteiger partial charge in [-0.05, 0) is 88.8 Å². The second kappa shape index (κ2) is 17.7. The first-order valence-corrected chi connectivity index (χ1v) is 18.2. The number of piperidine rings is 1. The molecule has 3 aromatic carbocycles. The van der Waals surface area contributed by atoms with E-state index >= 15 is 0 Å². The number of nitrogens with one attached hydrogen (secondary N) is 2. The van der Waals surface area contributed by atoms with Crippen molar-refractivity contribution in [2.24, 2.45) is 11.8 Å². The normalized spacial score (nSPS) is 20.3. The number of nitrogens with zero attached hydrogens (tertiary/aromatic N) is 1. The number of phenols is 2. The van der Waals surface area contributed by atoms with Crippen molar-refractivity contribution in [2.75, 3.05) is 18.8 Å². The van der Waals surface area contributed by atoms with Gasteiger partial charge in [0.1, 0.15) is 17.1 Å². The van der Waals surface area contributed by atoms with E-state index < -0.39 is 18.1 Å². The fourth-order valence-electron chi connectivity index (χ4n) is 6.72. The topological polar surface area (TPSA) is 159 Å². The van der Waals surface area contributed by atoms with E-state index in [9.17, 15) is 24.6 Å². The fraction of sp³-hybridized carbons (Fsp3) is 0.462. The lowest BCUT2D eigenvalue weighted by molar-refractivity contribution is -0.132. The van der Waals surface area contributed by atoms with Gasteiger partial charge in [-0.1, -0.05) is 55.7 Å². The number of likely N-dealkylation sites (tertiary alicyclic amines) is 1. The predicted molar refractivity (Wildman–Crippen MR) is 196 cm³/mol. The number of carbonyl (C=O) groups excluding carboxylic acids is 2. The number of carboxylic acid groups (broad SMARTS) is 1. The summed E-state index contributed by atoms with van der Waals surface area (Å²) in [5.74, 6) is -0.0397. The Morgan fingerprint density at radius 1 is 0.880 bits per heavy atom. The molecule has 0 aromatic heterocycles. The Morgan fingerprint density at radius 3 is 2.14 bits per heavy atom. The van der Waals surface area contributed by atoms with Gasteiger partial charge in [0.25, 0.3) is 5.91 Å². The predicted octanol–water partition coefficient (Wildman–Crippen LogP) is 5.84. The average Bonchev–Trinajstić information content (AvgIpc) is 3.07. The number of amides is 2. The summed E-state index contributed by atoms with van der Waals surface area (Å²) in [5.41, 5.74) is 0.476. The van der Waals surface area contributed by atoms with Gasteiger partial charge in [0.05, 0.1) is 18.2 Å². The molecule has 2 fully saturated rings. The quantitative estimate of drug-likeness (QED) is 0.143. The van der Waals surface area contributed by atoms with Gasteiger partial charge in [0, 0.05) is 40.4 Å².